The largest absolute Gasteiger partial charge is 0.306 e. The zero-order valence-corrected chi connectivity index (χ0v) is 14.8. The van der Waals surface area contributed by atoms with E-state index < -0.39 is 0 Å². The first-order chi connectivity index (χ1) is 12.2. The molecule has 0 bridgehead atoms. The van der Waals surface area contributed by atoms with Gasteiger partial charge in [0.15, 0.2) is 5.13 Å². The quantitative estimate of drug-likeness (QED) is 0.784. The number of thiazole rings is 1. The highest BCUT2D eigenvalue weighted by Gasteiger charge is 2.24. The van der Waals surface area contributed by atoms with Crippen LogP contribution in [0.25, 0.3) is 21.3 Å². The molecule has 0 aliphatic carbocycles. The van der Waals surface area contributed by atoms with Gasteiger partial charge >= 0.3 is 0 Å². The van der Waals surface area contributed by atoms with Crippen LogP contribution in [0.4, 0.5) is 5.13 Å². The van der Waals surface area contributed by atoms with Crippen LogP contribution in [0, 0.1) is 5.92 Å². The lowest BCUT2D eigenvalue weighted by Crippen LogP contribution is -2.35. The summed E-state index contributed by atoms with van der Waals surface area (Å²) in [7, 11) is 2.09. The number of carbonyl (C=O) groups excluding carboxylic acids is 1. The summed E-state index contributed by atoms with van der Waals surface area (Å²) in [5.74, 6) is 0.172. The minimum atomic E-state index is 0.0859. The first-order valence-corrected chi connectivity index (χ1v) is 9.18. The summed E-state index contributed by atoms with van der Waals surface area (Å²) < 4.78 is 0. The molecule has 0 atom stereocenters. The lowest BCUT2D eigenvalue weighted by Gasteiger charge is -2.27. The van der Waals surface area contributed by atoms with E-state index in [1.54, 1.807) is 6.20 Å². The number of aromatic nitrogens is 3. The summed E-state index contributed by atoms with van der Waals surface area (Å²) in [4.78, 5) is 20.1. The molecule has 0 saturated carbocycles. The molecule has 3 aromatic rings. The number of benzene rings is 1. The monoisotopic (exact) mass is 353 g/mol. The van der Waals surface area contributed by atoms with Crippen LogP contribution in [0.2, 0.25) is 0 Å². The van der Waals surface area contributed by atoms with Gasteiger partial charge in [0.2, 0.25) is 5.91 Å². The van der Waals surface area contributed by atoms with E-state index in [0.717, 1.165) is 47.3 Å². The Hall–Kier alpha value is -2.38. The maximum atomic E-state index is 12.4. The van der Waals surface area contributed by atoms with Gasteiger partial charge in [0, 0.05) is 17.5 Å². The van der Waals surface area contributed by atoms with Crippen LogP contribution in [-0.4, -0.2) is 46.1 Å². The third-order valence-corrected chi connectivity index (χ3v) is 5.59. The van der Waals surface area contributed by atoms with E-state index in [2.05, 4.69) is 38.5 Å². The van der Waals surface area contributed by atoms with Crippen LogP contribution in [0.1, 0.15) is 12.8 Å². The molecule has 4 rings (SSSR count). The number of nitrogens with one attached hydrogen (secondary N) is 1. The number of carbonyl (C=O) groups is 1. The Bertz CT molecular complexity index is 901. The minimum Gasteiger partial charge on any atom is -0.306 e. The van der Waals surface area contributed by atoms with Crippen LogP contribution < -0.4 is 5.32 Å². The van der Waals surface area contributed by atoms with E-state index in [1.165, 1.54) is 11.3 Å². The van der Waals surface area contributed by atoms with Gasteiger partial charge in [-0.05, 0) is 56.7 Å². The number of hydrogen-bond donors (Lipinski definition) is 1. The zero-order chi connectivity index (χ0) is 17.2. The molecule has 1 saturated heterocycles. The van der Waals surface area contributed by atoms with Crippen LogP contribution in [0.3, 0.4) is 0 Å². The Labute approximate surface area is 149 Å². The summed E-state index contributed by atoms with van der Waals surface area (Å²) in [6.07, 6.45) is 5.31. The van der Waals surface area contributed by atoms with Crippen molar-refractivity contribution in [1.29, 1.82) is 0 Å². The second-order valence-corrected chi connectivity index (χ2v) is 7.43. The predicted molar refractivity (Wildman–Crippen MR) is 99.5 cm³/mol. The Balaban J connectivity index is 1.48. The van der Waals surface area contributed by atoms with Gasteiger partial charge in [-0.25, -0.2) is 4.98 Å². The van der Waals surface area contributed by atoms with E-state index in [1.807, 2.05) is 24.4 Å². The molecule has 1 aromatic carbocycles. The second-order valence-electron chi connectivity index (χ2n) is 6.40. The van der Waals surface area contributed by atoms with Crippen LogP contribution >= 0.6 is 11.3 Å². The van der Waals surface area contributed by atoms with E-state index in [4.69, 9.17) is 0 Å². The molecule has 0 unspecified atom stereocenters. The molecule has 0 spiro atoms. The Kier molecular flexibility index (Phi) is 4.42. The summed E-state index contributed by atoms with van der Waals surface area (Å²) in [5, 5.41) is 12.7. The number of hydrogen-bond acceptors (Lipinski definition) is 6. The summed E-state index contributed by atoms with van der Waals surface area (Å²) in [6, 6.07) is 7.97. The average Bonchev–Trinajstić information content (AvgIpc) is 3.10. The fraction of sp³-hybridized carbons (Fsp3) is 0.333. The van der Waals surface area contributed by atoms with Gasteiger partial charge in [-0.2, -0.15) is 10.2 Å². The summed E-state index contributed by atoms with van der Waals surface area (Å²) in [6.45, 7) is 1.95. The smallest absolute Gasteiger partial charge is 0.229 e. The van der Waals surface area contributed by atoms with Gasteiger partial charge in [0.25, 0.3) is 0 Å². The number of piperidine rings is 1. The maximum Gasteiger partial charge on any atom is 0.229 e. The molecule has 1 amide bonds. The van der Waals surface area contributed by atoms with Crippen molar-refractivity contribution in [2.24, 2.45) is 5.92 Å². The first kappa shape index (κ1) is 16.1. The number of nitrogens with zero attached hydrogens (tertiary/aromatic N) is 4. The number of anilines is 1. The molecule has 3 heterocycles. The normalized spacial score (nSPS) is 16.2. The SMILES string of the molecule is CN1CCC(C(=O)Nc2ncc(-c3ccc4nnccc4c3)s2)CC1. The van der Waals surface area contributed by atoms with Crippen LogP contribution in [0.5, 0.6) is 0 Å². The predicted octanol–water partition coefficient (Wildman–Crippen LogP) is 3.03. The first-order valence-electron chi connectivity index (χ1n) is 8.36. The van der Waals surface area contributed by atoms with E-state index >= 15 is 0 Å². The minimum absolute atomic E-state index is 0.0859. The molecule has 1 fully saturated rings. The van der Waals surface area contributed by atoms with Crippen LogP contribution in [0.15, 0.2) is 36.7 Å². The maximum absolute atomic E-state index is 12.4. The van der Waals surface area contributed by atoms with Gasteiger partial charge in [0.1, 0.15) is 0 Å². The Morgan fingerprint density at radius 3 is 2.96 bits per heavy atom. The van der Waals surface area contributed by atoms with E-state index in [-0.39, 0.29) is 11.8 Å². The van der Waals surface area contributed by atoms with Crippen molar-refractivity contribution in [2.75, 3.05) is 25.5 Å². The highest BCUT2D eigenvalue weighted by molar-refractivity contribution is 7.19. The van der Waals surface area contributed by atoms with Crippen molar-refractivity contribution in [1.82, 2.24) is 20.1 Å². The number of fused-ring (bicyclic) bond motifs is 1. The highest BCUT2D eigenvalue weighted by atomic mass is 32.1. The number of rotatable bonds is 3. The molecule has 25 heavy (non-hydrogen) atoms. The van der Waals surface area contributed by atoms with E-state index in [0.29, 0.717) is 5.13 Å². The zero-order valence-electron chi connectivity index (χ0n) is 14.0. The second kappa shape index (κ2) is 6.85. The third kappa shape index (κ3) is 3.52. The lowest BCUT2D eigenvalue weighted by atomic mass is 9.96. The molecule has 1 aliphatic rings. The summed E-state index contributed by atoms with van der Waals surface area (Å²) >= 11 is 1.50. The summed E-state index contributed by atoms with van der Waals surface area (Å²) in [5.41, 5.74) is 1.93. The van der Waals surface area contributed by atoms with Crippen molar-refractivity contribution in [3.8, 4) is 10.4 Å². The Morgan fingerprint density at radius 1 is 1.28 bits per heavy atom. The van der Waals surface area contributed by atoms with Gasteiger partial charge in [-0.3, -0.25) is 4.79 Å². The molecular weight excluding hydrogens is 334 g/mol. The molecule has 0 radical (unpaired) electrons. The molecule has 128 valence electrons. The molecule has 1 N–H and O–H groups in total. The molecule has 1 aliphatic heterocycles. The molecule has 7 heteroatoms. The van der Waals surface area contributed by atoms with Gasteiger partial charge in [0.05, 0.1) is 16.6 Å². The van der Waals surface area contributed by atoms with Crippen molar-refractivity contribution in [3.63, 3.8) is 0 Å². The topological polar surface area (TPSA) is 71.0 Å². The van der Waals surface area contributed by atoms with E-state index in [9.17, 15) is 4.79 Å². The van der Waals surface area contributed by atoms with Crippen molar-refractivity contribution in [2.45, 2.75) is 12.8 Å². The number of likely N-dealkylation sites (tertiary alicyclic amines) is 1. The van der Waals surface area contributed by atoms with Crippen LogP contribution in [-0.2, 0) is 4.79 Å². The van der Waals surface area contributed by atoms with Gasteiger partial charge in [-0.1, -0.05) is 17.4 Å². The highest BCUT2D eigenvalue weighted by Crippen LogP contribution is 2.31. The third-order valence-electron chi connectivity index (χ3n) is 4.62. The van der Waals surface area contributed by atoms with Crippen molar-refractivity contribution >= 4 is 33.3 Å². The van der Waals surface area contributed by atoms with Gasteiger partial charge < -0.3 is 10.2 Å². The van der Waals surface area contributed by atoms with Crippen molar-refractivity contribution in [3.05, 3.63) is 36.7 Å². The molecule has 6 nitrogen and oxygen atoms in total. The van der Waals surface area contributed by atoms with Gasteiger partial charge in [-0.15, -0.1) is 0 Å². The Morgan fingerprint density at radius 2 is 2.12 bits per heavy atom. The standard InChI is InChI=1S/C18H19N5OS/c1-23-8-5-12(6-9-23)17(24)21-18-19-11-16(25-18)14-2-3-15-13(10-14)4-7-20-22-15/h2-4,7,10-12H,5-6,8-9H2,1H3,(H,19,21,24). The number of amides is 1. The molecular formula is C18H19N5OS. The fourth-order valence-corrected chi connectivity index (χ4v) is 3.90. The lowest BCUT2D eigenvalue weighted by molar-refractivity contribution is -0.121. The van der Waals surface area contributed by atoms with Crippen molar-refractivity contribution < 1.29 is 4.79 Å². The molecule has 2 aromatic heterocycles. The average molecular weight is 353 g/mol. The fourth-order valence-electron chi connectivity index (χ4n) is 3.09.